The molecule has 0 aromatic carbocycles. The van der Waals surface area contributed by atoms with E-state index in [1.54, 1.807) is 0 Å². The number of nitrogens with zero attached hydrogens (tertiary/aromatic N) is 3. The number of nitrogens with two attached hydrogens (primary N) is 1. The van der Waals surface area contributed by atoms with Gasteiger partial charge in [-0.3, -0.25) is 14.4 Å². The van der Waals surface area contributed by atoms with Gasteiger partial charge in [-0.15, -0.1) is 34.9 Å². The zero-order valence-electron chi connectivity index (χ0n) is 16.1. The standard InChI is InChI=1S/C18H19N5O5S3/c19-23-4-3-12(21-17(23)28)30-8-18(16(26)27)7-22-14(25)13(15(22)31-9-18)20-11(24)6-10-2-1-5-29-10/h1-5,13,15H,6-9,19H2,(H,20,24)(H,26,27)/t13-,15-,18?/m1/s1. The molecule has 4 rings (SSSR count). The van der Waals surface area contributed by atoms with Gasteiger partial charge >= 0.3 is 11.7 Å². The smallest absolute Gasteiger partial charge is 0.366 e. The molecule has 2 amide bonds. The topological polar surface area (TPSA) is 148 Å². The highest BCUT2D eigenvalue weighted by Crippen LogP contribution is 2.44. The van der Waals surface area contributed by atoms with Crippen LogP contribution >= 0.6 is 34.9 Å². The van der Waals surface area contributed by atoms with Crippen molar-refractivity contribution in [1.29, 1.82) is 0 Å². The molecule has 164 valence electrons. The van der Waals surface area contributed by atoms with Crippen molar-refractivity contribution in [3.63, 3.8) is 0 Å². The lowest BCUT2D eigenvalue weighted by atomic mass is 9.89. The number of carboxylic acids is 1. The van der Waals surface area contributed by atoms with E-state index in [1.165, 1.54) is 40.3 Å². The van der Waals surface area contributed by atoms with Gasteiger partial charge in [0, 0.05) is 29.1 Å². The van der Waals surface area contributed by atoms with Gasteiger partial charge in [-0.1, -0.05) is 6.07 Å². The number of carbonyl (C=O) groups excluding carboxylic acids is 2. The molecule has 0 saturated carbocycles. The van der Waals surface area contributed by atoms with E-state index in [0.29, 0.717) is 5.03 Å². The molecule has 3 atom stereocenters. The maximum Gasteiger partial charge on any atom is 0.366 e. The number of aliphatic carboxylic acids is 1. The Kier molecular flexibility index (Phi) is 5.99. The van der Waals surface area contributed by atoms with Crippen LogP contribution in [0.2, 0.25) is 0 Å². The van der Waals surface area contributed by atoms with Crippen LogP contribution in [0.1, 0.15) is 4.88 Å². The monoisotopic (exact) mass is 481 g/mol. The molecule has 2 saturated heterocycles. The first-order chi connectivity index (χ1) is 14.8. The van der Waals surface area contributed by atoms with E-state index in [4.69, 9.17) is 5.84 Å². The molecule has 0 radical (unpaired) electrons. The summed E-state index contributed by atoms with van der Waals surface area (Å²) in [5.41, 5.74) is -1.82. The van der Waals surface area contributed by atoms with Crippen molar-refractivity contribution in [3.05, 3.63) is 45.1 Å². The van der Waals surface area contributed by atoms with Gasteiger partial charge in [0.05, 0.1) is 6.42 Å². The Labute approximate surface area is 189 Å². The molecule has 10 nitrogen and oxygen atoms in total. The van der Waals surface area contributed by atoms with E-state index in [0.717, 1.165) is 21.3 Å². The third-order valence-electron chi connectivity index (χ3n) is 5.13. The molecule has 31 heavy (non-hydrogen) atoms. The van der Waals surface area contributed by atoms with Crippen LogP contribution in [-0.4, -0.2) is 66.9 Å². The molecule has 13 heteroatoms. The van der Waals surface area contributed by atoms with Crippen LogP contribution in [0.25, 0.3) is 0 Å². The summed E-state index contributed by atoms with van der Waals surface area (Å²) in [6.45, 7) is 0.0388. The van der Waals surface area contributed by atoms with Crippen molar-refractivity contribution in [1.82, 2.24) is 19.9 Å². The number of rotatable bonds is 7. The molecule has 4 heterocycles. The van der Waals surface area contributed by atoms with E-state index in [9.17, 15) is 24.3 Å². The average Bonchev–Trinajstić information content (AvgIpc) is 3.25. The Morgan fingerprint density at radius 1 is 1.39 bits per heavy atom. The summed E-state index contributed by atoms with van der Waals surface area (Å²) < 4.78 is 0.837. The second-order valence-electron chi connectivity index (χ2n) is 7.30. The van der Waals surface area contributed by atoms with Gasteiger partial charge in [-0.25, -0.2) is 9.47 Å². The Bertz CT molecular complexity index is 1070. The summed E-state index contributed by atoms with van der Waals surface area (Å²) in [6, 6.07) is 4.61. The quantitative estimate of drug-likeness (QED) is 0.212. The van der Waals surface area contributed by atoms with Gasteiger partial charge in [0.2, 0.25) is 11.8 Å². The number of fused-ring (bicyclic) bond motifs is 1. The first kappa shape index (κ1) is 21.7. The Morgan fingerprint density at radius 2 is 2.19 bits per heavy atom. The summed E-state index contributed by atoms with van der Waals surface area (Å²) in [5.74, 6) is 4.29. The molecule has 0 spiro atoms. The van der Waals surface area contributed by atoms with Crippen LogP contribution in [-0.2, 0) is 20.8 Å². The van der Waals surface area contributed by atoms with Crippen molar-refractivity contribution in [2.75, 3.05) is 23.9 Å². The number of β-lactam (4-membered cyclic amide) rings is 1. The molecular weight excluding hydrogens is 462 g/mol. The normalized spacial score (nSPS) is 24.9. The maximum atomic E-state index is 12.6. The predicted molar refractivity (Wildman–Crippen MR) is 117 cm³/mol. The van der Waals surface area contributed by atoms with E-state index >= 15 is 0 Å². The largest absolute Gasteiger partial charge is 0.481 e. The molecule has 2 aromatic rings. The van der Waals surface area contributed by atoms with Gasteiger partial charge in [0.1, 0.15) is 21.9 Å². The van der Waals surface area contributed by atoms with E-state index in [-0.39, 0.29) is 41.7 Å². The number of hydrogen-bond acceptors (Lipinski definition) is 9. The summed E-state index contributed by atoms with van der Waals surface area (Å²) >= 11 is 3.96. The summed E-state index contributed by atoms with van der Waals surface area (Å²) in [7, 11) is 0. The fraction of sp³-hybridized carbons (Fsp3) is 0.389. The van der Waals surface area contributed by atoms with Crippen LogP contribution in [0.4, 0.5) is 0 Å². The number of carbonyl (C=O) groups is 3. The number of thiophene rings is 1. The summed E-state index contributed by atoms with van der Waals surface area (Å²) in [5, 5.41) is 14.6. The van der Waals surface area contributed by atoms with E-state index in [2.05, 4.69) is 10.3 Å². The zero-order chi connectivity index (χ0) is 22.2. The highest BCUT2D eigenvalue weighted by Gasteiger charge is 2.57. The molecule has 2 aliphatic heterocycles. The fourth-order valence-corrected chi connectivity index (χ4v) is 6.81. The van der Waals surface area contributed by atoms with Crippen molar-refractivity contribution in [2.45, 2.75) is 22.9 Å². The van der Waals surface area contributed by atoms with Gasteiger partial charge in [-0.05, 0) is 17.5 Å². The van der Waals surface area contributed by atoms with Crippen LogP contribution in [0, 0.1) is 5.41 Å². The number of amides is 2. The van der Waals surface area contributed by atoms with Crippen molar-refractivity contribution < 1.29 is 19.5 Å². The van der Waals surface area contributed by atoms with Gasteiger partial charge in [-0.2, -0.15) is 4.98 Å². The SMILES string of the molecule is Nn1ccc(SCC2(C(=O)O)CS[C@@H]3[C@H](NC(=O)Cc4cccs4)C(=O)N3C2)nc1=O. The molecule has 2 fully saturated rings. The minimum Gasteiger partial charge on any atom is -0.481 e. The van der Waals surface area contributed by atoms with Crippen LogP contribution in [0.5, 0.6) is 0 Å². The van der Waals surface area contributed by atoms with Crippen molar-refractivity contribution in [2.24, 2.45) is 5.41 Å². The zero-order valence-corrected chi connectivity index (χ0v) is 18.5. The number of hydrogen-bond donors (Lipinski definition) is 3. The van der Waals surface area contributed by atoms with E-state index in [1.807, 2.05) is 17.5 Å². The highest BCUT2D eigenvalue weighted by atomic mass is 32.2. The minimum atomic E-state index is -1.19. The molecule has 2 aromatic heterocycles. The van der Waals surface area contributed by atoms with Gasteiger partial charge in [0.15, 0.2) is 0 Å². The van der Waals surface area contributed by atoms with Gasteiger partial charge in [0.25, 0.3) is 0 Å². The lowest BCUT2D eigenvalue weighted by molar-refractivity contribution is -0.157. The first-order valence-electron chi connectivity index (χ1n) is 9.24. The third-order valence-corrected chi connectivity index (χ3v) is 8.81. The highest BCUT2D eigenvalue weighted by molar-refractivity contribution is 8.00. The predicted octanol–water partition coefficient (Wildman–Crippen LogP) is -0.176. The van der Waals surface area contributed by atoms with E-state index < -0.39 is 23.1 Å². The van der Waals surface area contributed by atoms with Gasteiger partial charge < -0.3 is 21.2 Å². The number of nitrogen functional groups attached to an aromatic ring is 1. The average molecular weight is 482 g/mol. The Hall–Kier alpha value is -2.51. The third kappa shape index (κ3) is 4.29. The number of carboxylic acid groups (broad SMARTS) is 1. The maximum absolute atomic E-state index is 12.6. The van der Waals surface area contributed by atoms with Crippen LogP contribution in [0.15, 0.2) is 39.6 Å². The lowest BCUT2D eigenvalue weighted by Gasteiger charge is -2.53. The second kappa shape index (κ2) is 8.55. The van der Waals surface area contributed by atoms with Crippen LogP contribution in [0.3, 0.4) is 0 Å². The number of nitrogens with one attached hydrogen (secondary N) is 1. The van der Waals surface area contributed by atoms with Crippen LogP contribution < -0.4 is 16.8 Å². The number of thioether (sulfide) groups is 2. The summed E-state index contributed by atoms with van der Waals surface area (Å²) in [4.78, 5) is 54.8. The Morgan fingerprint density at radius 3 is 2.87 bits per heavy atom. The molecule has 2 aliphatic rings. The van der Waals surface area contributed by atoms with Crippen molar-refractivity contribution >= 4 is 52.6 Å². The fourth-order valence-electron chi connectivity index (χ4n) is 3.39. The van der Waals surface area contributed by atoms with Crippen molar-refractivity contribution in [3.8, 4) is 0 Å². The number of aromatic nitrogens is 2. The minimum absolute atomic E-state index is 0.0388. The molecule has 4 N–H and O–H groups in total. The molecule has 1 unspecified atom stereocenters. The molecule has 0 bridgehead atoms. The molecular formula is C18H19N5O5S3. The second-order valence-corrected chi connectivity index (χ2v) is 10.4. The Balaban J connectivity index is 1.39. The first-order valence-corrected chi connectivity index (χ1v) is 12.2. The lowest BCUT2D eigenvalue weighted by Crippen LogP contribution is -2.74. The summed E-state index contributed by atoms with van der Waals surface area (Å²) in [6.07, 6.45) is 1.57. The molecule has 0 aliphatic carbocycles.